The molecule has 1 saturated heterocycles. The Morgan fingerprint density at radius 3 is 2.73 bits per heavy atom. The van der Waals surface area contributed by atoms with Crippen molar-refractivity contribution in [3.05, 3.63) is 0 Å². The molecular formula is C6H14N2O2S. The summed E-state index contributed by atoms with van der Waals surface area (Å²) in [6.07, 6.45) is 1.52. The molecule has 0 aromatic rings. The van der Waals surface area contributed by atoms with Crippen molar-refractivity contribution < 1.29 is 8.42 Å². The zero-order valence-corrected chi connectivity index (χ0v) is 7.23. The Bertz CT molecular complexity index is 213. The molecule has 1 aliphatic rings. The minimum Gasteiger partial charge on any atom is -0.329 e. The summed E-state index contributed by atoms with van der Waals surface area (Å²) in [5.74, 6) is 0.329. The first-order chi connectivity index (χ1) is 5.17. The van der Waals surface area contributed by atoms with Crippen LogP contribution in [0.15, 0.2) is 0 Å². The van der Waals surface area contributed by atoms with E-state index >= 15 is 0 Å². The smallest absolute Gasteiger partial charge is 0.166 e. The number of rotatable bonds is 3. The van der Waals surface area contributed by atoms with Crippen LogP contribution in [0.3, 0.4) is 0 Å². The van der Waals surface area contributed by atoms with Crippen molar-refractivity contribution in [1.29, 1.82) is 0 Å². The average molecular weight is 178 g/mol. The summed E-state index contributed by atoms with van der Waals surface area (Å²) in [7, 11) is -2.83. The molecule has 0 radical (unpaired) electrons. The molecule has 1 heterocycles. The monoisotopic (exact) mass is 178 g/mol. The van der Waals surface area contributed by atoms with Crippen LogP contribution < -0.4 is 11.1 Å². The zero-order chi connectivity index (χ0) is 8.32. The maximum atomic E-state index is 11.2. The highest BCUT2D eigenvalue weighted by atomic mass is 32.2. The van der Waals surface area contributed by atoms with E-state index in [9.17, 15) is 8.42 Å². The van der Waals surface area contributed by atoms with Gasteiger partial charge in [-0.2, -0.15) is 0 Å². The summed E-state index contributed by atoms with van der Waals surface area (Å²) in [5.41, 5.74) is 5.24. The summed E-state index contributed by atoms with van der Waals surface area (Å²) in [6.45, 7) is 1.08. The van der Waals surface area contributed by atoms with Gasteiger partial charge >= 0.3 is 0 Å². The molecule has 0 saturated carbocycles. The Morgan fingerprint density at radius 1 is 1.55 bits per heavy atom. The Hall–Kier alpha value is -0.130. The molecule has 66 valence electrons. The van der Waals surface area contributed by atoms with Crippen LogP contribution in [0.2, 0.25) is 0 Å². The van der Waals surface area contributed by atoms with Gasteiger partial charge in [-0.1, -0.05) is 0 Å². The lowest BCUT2D eigenvalue weighted by Gasteiger charge is -2.09. The number of hydrogen-bond acceptors (Lipinski definition) is 4. The molecule has 0 aromatic carbocycles. The molecule has 5 heteroatoms. The predicted molar refractivity (Wildman–Crippen MR) is 43.9 cm³/mol. The second kappa shape index (κ2) is 3.51. The first kappa shape index (κ1) is 8.96. The molecule has 1 aliphatic heterocycles. The minimum absolute atomic E-state index is 0.328. The van der Waals surface area contributed by atoms with E-state index in [0.717, 1.165) is 12.8 Å². The summed E-state index contributed by atoms with van der Waals surface area (Å²) in [4.78, 5) is 0. The molecule has 0 spiro atoms. The topological polar surface area (TPSA) is 72.2 Å². The third-order valence-electron chi connectivity index (χ3n) is 1.85. The van der Waals surface area contributed by atoms with Crippen LogP contribution in [0.25, 0.3) is 0 Å². The van der Waals surface area contributed by atoms with Gasteiger partial charge in [0.05, 0.1) is 5.75 Å². The largest absolute Gasteiger partial charge is 0.329 e. The second-order valence-electron chi connectivity index (χ2n) is 2.74. The summed E-state index contributed by atoms with van der Waals surface area (Å²) >= 11 is 0. The first-order valence-corrected chi connectivity index (χ1v) is 5.53. The van der Waals surface area contributed by atoms with E-state index in [0.29, 0.717) is 18.8 Å². The van der Waals surface area contributed by atoms with E-state index in [2.05, 4.69) is 5.32 Å². The minimum atomic E-state index is -2.83. The molecule has 0 bridgehead atoms. The quantitative estimate of drug-likeness (QED) is 0.585. The normalized spacial score (nSPS) is 29.0. The lowest BCUT2D eigenvalue weighted by atomic mass is 10.3. The van der Waals surface area contributed by atoms with Crippen LogP contribution in [0, 0.1) is 0 Å². The van der Waals surface area contributed by atoms with Gasteiger partial charge in [-0.05, 0) is 12.8 Å². The number of nitrogens with two attached hydrogens (primary N) is 1. The van der Waals surface area contributed by atoms with Crippen molar-refractivity contribution in [2.75, 3.05) is 18.8 Å². The van der Waals surface area contributed by atoms with Gasteiger partial charge in [0.25, 0.3) is 0 Å². The van der Waals surface area contributed by atoms with Crippen molar-refractivity contribution >= 4 is 9.84 Å². The second-order valence-corrected chi connectivity index (χ2v) is 5.04. The van der Waals surface area contributed by atoms with Gasteiger partial charge in [-0.15, -0.1) is 0 Å². The Balaban J connectivity index is 2.45. The molecule has 0 amide bonds. The molecule has 1 unspecified atom stereocenters. The Kier molecular flexibility index (Phi) is 2.86. The van der Waals surface area contributed by atoms with E-state index in [1.807, 2.05) is 0 Å². The zero-order valence-electron chi connectivity index (χ0n) is 6.41. The molecule has 11 heavy (non-hydrogen) atoms. The lowest BCUT2D eigenvalue weighted by Crippen LogP contribution is -2.36. The standard InChI is InChI=1S/C6H14N2O2S/c7-3-4-8-6-2-1-5-11(6,9)10/h6,8H,1-5,7H2. The molecule has 1 rings (SSSR count). The fourth-order valence-electron chi connectivity index (χ4n) is 1.27. The molecular weight excluding hydrogens is 164 g/mol. The predicted octanol–water partition coefficient (Wildman–Crippen LogP) is -0.931. The van der Waals surface area contributed by atoms with Crippen molar-refractivity contribution in [3.8, 4) is 0 Å². The summed E-state index contributed by atoms with van der Waals surface area (Å²) < 4.78 is 22.3. The van der Waals surface area contributed by atoms with Gasteiger partial charge < -0.3 is 5.73 Å². The average Bonchev–Trinajstić information content (AvgIpc) is 2.25. The highest BCUT2D eigenvalue weighted by Gasteiger charge is 2.30. The van der Waals surface area contributed by atoms with Gasteiger partial charge in [0.15, 0.2) is 9.84 Å². The van der Waals surface area contributed by atoms with Crippen LogP contribution in [0.4, 0.5) is 0 Å². The Morgan fingerprint density at radius 2 is 2.27 bits per heavy atom. The van der Waals surface area contributed by atoms with Crippen molar-refractivity contribution in [3.63, 3.8) is 0 Å². The third-order valence-corrected chi connectivity index (χ3v) is 3.97. The molecule has 1 atom stereocenters. The summed E-state index contributed by atoms with van der Waals surface area (Å²) in [5, 5.41) is 2.58. The maximum Gasteiger partial charge on any atom is 0.166 e. The highest BCUT2D eigenvalue weighted by Crippen LogP contribution is 2.16. The molecule has 4 nitrogen and oxygen atoms in total. The molecule has 1 fully saturated rings. The van der Waals surface area contributed by atoms with Crippen LogP contribution in [-0.2, 0) is 9.84 Å². The van der Waals surface area contributed by atoms with E-state index < -0.39 is 9.84 Å². The molecule has 3 N–H and O–H groups in total. The fraction of sp³-hybridized carbons (Fsp3) is 1.00. The molecule has 0 aliphatic carbocycles. The van der Waals surface area contributed by atoms with Gasteiger partial charge in [0, 0.05) is 13.1 Å². The van der Waals surface area contributed by atoms with Crippen molar-refractivity contribution in [2.24, 2.45) is 5.73 Å². The maximum absolute atomic E-state index is 11.2. The van der Waals surface area contributed by atoms with E-state index in [1.165, 1.54) is 0 Å². The van der Waals surface area contributed by atoms with Crippen LogP contribution >= 0.6 is 0 Å². The van der Waals surface area contributed by atoms with Gasteiger partial charge in [-0.3, -0.25) is 5.32 Å². The molecule has 0 aromatic heterocycles. The summed E-state index contributed by atoms with van der Waals surface area (Å²) in [6, 6.07) is 0. The number of nitrogens with one attached hydrogen (secondary N) is 1. The lowest BCUT2D eigenvalue weighted by molar-refractivity contribution is 0.559. The van der Waals surface area contributed by atoms with Gasteiger partial charge in [-0.25, -0.2) is 8.42 Å². The van der Waals surface area contributed by atoms with Crippen LogP contribution in [-0.4, -0.2) is 32.6 Å². The van der Waals surface area contributed by atoms with E-state index in [4.69, 9.17) is 5.73 Å². The van der Waals surface area contributed by atoms with Gasteiger partial charge in [0.1, 0.15) is 5.37 Å². The third kappa shape index (κ3) is 2.15. The highest BCUT2D eigenvalue weighted by molar-refractivity contribution is 7.92. The Labute approximate surface area is 67.1 Å². The first-order valence-electron chi connectivity index (χ1n) is 3.82. The van der Waals surface area contributed by atoms with E-state index in [-0.39, 0.29) is 5.37 Å². The SMILES string of the molecule is NCCNC1CCCS1(=O)=O. The number of hydrogen-bond donors (Lipinski definition) is 2. The fourth-order valence-corrected chi connectivity index (χ4v) is 3.02. The van der Waals surface area contributed by atoms with Gasteiger partial charge in [0.2, 0.25) is 0 Å². The van der Waals surface area contributed by atoms with Crippen molar-refractivity contribution in [2.45, 2.75) is 18.2 Å². The van der Waals surface area contributed by atoms with Crippen molar-refractivity contribution in [1.82, 2.24) is 5.32 Å². The number of sulfone groups is 1. The van der Waals surface area contributed by atoms with E-state index in [1.54, 1.807) is 0 Å². The van der Waals surface area contributed by atoms with Crippen LogP contribution in [0.5, 0.6) is 0 Å². The van der Waals surface area contributed by atoms with Crippen LogP contribution in [0.1, 0.15) is 12.8 Å².